The quantitative estimate of drug-likeness (QED) is 0.641. The standard InChI is InChI=1S/C28H37N3O2/c1-6-24-25(28(32)29-4)20-31(27(24)26(7-2)33-5)17-11-16-30-18-14-23(15-19-30)21(3)22-12-9-8-10-13-22/h6-10,12-13,20,23H,2-3,11,14-19H2,1,4-5H3,(H,29,32)/b24-6-,27-26-. The molecule has 1 aliphatic heterocycles. The summed E-state index contributed by atoms with van der Waals surface area (Å²) in [4.78, 5) is 15.0. The number of amides is 1. The zero-order chi connectivity index (χ0) is 23.8. The van der Waals surface area contributed by atoms with Crippen molar-refractivity contribution in [3.63, 3.8) is 0 Å². The summed E-state index contributed by atoms with van der Waals surface area (Å²) < 4.78 is 7.70. The minimum Gasteiger partial charge on any atom is -0.495 e. The van der Waals surface area contributed by atoms with E-state index in [1.165, 1.54) is 11.1 Å². The first-order chi connectivity index (χ1) is 16.0. The summed E-state index contributed by atoms with van der Waals surface area (Å²) in [6.07, 6.45) is 8.89. The molecule has 0 bridgehead atoms. The smallest absolute Gasteiger partial charge is 0.253 e. The molecule has 0 unspecified atom stereocenters. The van der Waals surface area contributed by atoms with Crippen molar-refractivity contribution in [2.75, 3.05) is 33.8 Å². The molecule has 0 saturated carbocycles. The zero-order valence-corrected chi connectivity index (χ0v) is 20.3. The van der Waals surface area contributed by atoms with Crippen molar-refractivity contribution in [1.29, 1.82) is 0 Å². The molecule has 0 radical (unpaired) electrons. The van der Waals surface area contributed by atoms with Crippen LogP contribution < -0.4 is 15.9 Å². The highest BCUT2D eigenvalue weighted by molar-refractivity contribution is 5.94. The fourth-order valence-corrected chi connectivity index (χ4v) is 4.76. The molecule has 0 atom stereocenters. The number of hydrogen-bond acceptors (Lipinski definition) is 3. The van der Waals surface area contributed by atoms with Crippen LogP contribution in [0.15, 0.2) is 55.8 Å². The number of aryl methyl sites for hydroxylation is 1. The average Bonchev–Trinajstić information content (AvgIpc) is 3.23. The molecule has 1 fully saturated rings. The Bertz CT molecular complexity index is 1090. The summed E-state index contributed by atoms with van der Waals surface area (Å²) in [6.45, 7) is 14.2. The second-order valence-corrected chi connectivity index (χ2v) is 8.50. The number of rotatable bonds is 9. The molecule has 0 spiro atoms. The van der Waals surface area contributed by atoms with Gasteiger partial charge >= 0.3 is 0 Å². The van der Waals surface area contributed by atoms with E-state index in [1.54, 1.807) is 20.2 Å². The van der Waals surface area contributed by atoms with E-state index in [9.17, 15) is 4.79 Å². The van der Waals surface area contributed by atoms with Gasteiger partial charge in [0, 0.05) is 25.0 Å². The van der Waals surface area contributed by atoms with E-state index in [2.05, 4.69) is 58.3 Å². The Labute approximate surface area is 197 Å². The molecule has 0 aliphatic carbocycles. The van der Waals surface area contributed by atoms with E-state index < -0.39 is 0 Å². The highest BCUT2D eigenvalue weighted by atomic mass is 16.5. The van der Waals surface area contributed by atoms with Gasteiger partial charge in [0.25, 0.3) is 5.91 Å². The van der Waals surface area contributed by atoms with Crippen molar-refractivity contribution in [3.8, 4) is 0 Å². The van der Waals surface area contributed by atoms with Crippen molar-refractivity contribution in [1.82, 2.24) is 14.8 Å². The lowest BCUT2D eigenvalue weighted by Crippen LogP contribution is -2.37. The van der Waals surface area contributed by atoms with Crippen molar-refractivity contribution in [2.45, 2.75) is 32.7 Å². The van der Waals surface area contributed by atoms with Crippen LogP contribution in [0.3, 0.4) is 0 Å². The van der Waals surface area contributed by atoms with Crippen molar-refractivity contribution < 1.29 is 9.53 Å². The first-order valence-electron chi connectivity index (χ1n) is 11.8. The van der Waals surface area contributed by atoms with Crippen LogP contribution in [0.4, 0.5) is 0 Å². The number of carbonyl (C=O) groups is 1. The van der Waals surface area contributed by atoms with E-state index in [-0.39, 0.29) is 5.91 Å². The van der Waals surface area contributed by atoms with Gasteiger partial charge in [0.15, 0.2) is 0 Å². The molecule has 3 rings (SSSR count). The summed E-state index contributed by atoms with van der Waals surface area (Å²) >= 11 is 0. The molecule has 5 nitrogen and oxygen atoms in total. The normalized spacial score (nSPS) is 16.4. The number of ether oxygens (including phenoxy) is 1. The number of benzene rings is 1. The fourth-order valence-electron chi connectivity index (χ4n) is 4.76. The summed E-state index contributed by atoms with van der Waals surface area (Å²) in [7, 11) is 3.30. The third kappa shape index (κ3) is 5.66. The Kier molecular flexibility index (Phi) is 8.72. The predicted molar refractivity (Wildman–Crippen MR) is 137 cm³/mol. The Balaban J connectivity index is 1.65. The maximum Gasteiger partial charge on any atom is 0.253 e. The minimum atomic E-state index is -0.0941. The van der Waals surface area contributed by atoms with Crippen LogP contribution in [0.25, 0.3) is 17.4 Å². The Morgan fingerprint density at radius 2 is 1.91 bits per heavy atom. The second-order valence-electron chi connectivity index (χ2n) is 8.50. The van der Waals surface area contributed by atoms with E-state index in [1.807, 2.05) is 19.2 Å². The van der Waals surface area contributed by atoms with E-state index >= 15 is 0 Å². The van der Waals surface area contributed by atoms with Crippen LogP contribution in [0.5, 0.6) is 0 Å². The summed E-state index contributed by atoms with van der Waals surface area (Å²) in [6, 6.07) is 10.5. The number of piperidine rings is 1. The number of hydrogen-bond donors (Lipinski definition) is 1. The molecular formula is C28H37N3O2. The molecule has 1 aromatic heterocycles. The predicted octanol–water partition coefficient (Wildman–Crippen LogP) is 3.40. The highest BCUT2D eigenvalue weighted by Crippen LogP contribution is 2.30. The number of likely N-dealkylation sites (tertiary alicyclic amines) is 1. The molecule has 1 saturated heterocycles. The molecule has 1 amide bonds. The van der Waals surface area contributed by atoms with Gasteiger partial charge in [-0.2, -0.15) is 0 Å². The van der Waals surface area contributed by atoms with Gasteiger partial charge in [-0.3, -0.25) is 4.79 Å². The van der Waals surface area contributed by atoms with Crippen LogP contribution in [-0.4, -0.2) is 49.2 Å². The van der Waals surface area contributed by atoms with Gasteiger partial charge in [0.1, 0.15) is 5.76 Å². The van der Waals surface area contributed by atoms with Crippen LogP contribution >= 0.6 is 0 Å². The number of methoxy groups -OCH3 is 1. The monoisotopic (exact) mass is 447 g/mol. The molecule has 33 heavy (non-hydrogen) atoms. The first kappa shape index (κ1) is 24.6. The highest BCUT2D eigenvalue weighted by Gasteiger charge is 2.22. The summed E-state index contributed by atoms with van der Waals surface area (Å²) in [5.74, 6) is 1.14. The lowest BCUT2D eigenvalue weighted by Gasteiger charge is -2.33. The molecule has 1 aromatic carbocycles. The van der Waals surface area contributed by atoms with Crippen LogP contribution in [0.2, 0.25) is 0 Å². The Hall–Kier alpha value is -3.05. The van der Waals surface area contributed by atoms with Crippen LogP contribution in [0, 0.1) is 5.92 Å². The van der Waals surface area contributed by atoms with Crippen molar-refractivity contribution >= 4 is 23.3 Å². The largest absolute Gasteiger partial charge is 0.495 e. The number of aromatic nitrogens is 1. The van der Waals surface area contributed by atoms with Crippen LogP contribution in [0.1, 0.15) is 42.1 Å². The van der Waals surface area contributed by atoms with E-state index in [0.717, 1.165) is 56.0 Å². The topological polar surface area (TPSA) is 46.5 Å². The number of allylic oxidation sites excluding steroid dienone is 1. The van der Waals surface area contributed by atoms with E-state index in [4.69, 9.17) is 4.74 Å². The summed E-state index contributed by atoms with van der Waals surface area (Å²) in [5.41, 5.74) is 3.19. The third-order valence-corrected chi connectivity index (χ3v) is 6.61. The molecule has 2 heterocycles. The third-order valence-electron chi connectivity index (χ3n) is 6.61. The minimum absolute atomic E-state index is 0.0941. The van der Waals surface area contributed by atoms with Gasteiger partial charge in [-0.1, -0.05) is 49.6 Å². The Morgan fingerprint density at radius 1 is 1.21 bits per heavy atom. The molecule has 1 N–H and O–H groups in total. The van der Waals surface area contributed by atoms with Crippen molar-refractivity contribution in [2.24, 2.45) is 5.92 Å². The number of nitrogens with one attached hydrogen (secondary N) is 1. The molecular weight excluding hydrogens is 410 g/mol. The average molecular weight is 448 g/mol. The first-order valence-corrected chi connectivity index (χ1v) is 11.8. The lowest BCUT2D eigenvalue weighted by molar-refractivity contribution is 0.0962. The second kappa shape index (κ2) is 11.7. The summed E-state index contributed by atoms with van der Waals surface area (Å²) in [5, 5.41) is 4.53. The van der Waals surface area contributed by atoms with Gasteiger partial charge in [0.05, 0.1) is 18.0 Å². The molecule has 176 valence electrons. The van der Waals surface area contributed by atoms with Gasteiger partial charge in [-0.15, -0.1) is 0 Å². The maximum absolute atomic E-state index is 12.4. The van der Waals surface area contributed by atoms with Crippen LogP contribution in [-0.2, 0) is 11.3 Å². The zero-order valence-electron chi connectivity index (χ0n) is 20.3. The number of carbonyl (C=O) groups excluding carboxylic acids is 1. The van der Waals surface area contributed by atoms with E-state index in [0.29, 0.717) is 17.2 Å². The molecule has 5 heteroatoms. The Morgan fingerprint density at radius 3 is 2.48 bits per heavy atom. The fraction of sp³-hybridized carbons (Fsp3) is 0.393. The molecule has 2 aromatic rings. The molecule has 1 aliphatic rings. The van der Waals surface area contributed by atoms with Gasteiger partial charge in [0.2, 0.25) is 0 Å². The van der Waals surface area contributed by atoms with Crippen molar-refractivity contribution in [3.05, 3.63) is 77.5 Å². The maximum atomic E-state index is 12.4. The van der Waals surface area contributed by atoms with Gasteiger partial charge in [-0.05, 0) is 69.0 Å². The SMILES string of the molecule is C=C/C(OC)=c1\c(=C/C)c(C(=O)NC)cn1CCCN1CCC(C(=C)c2ccccc2)CC1. The lowest BCUT2D eigenvalue weighted by atomic mass is 9.86. The number of nitrogens with zero attached hydrogens (tertiary/aromatic N) is 2. The van der Waals surface area contributed by atoms with Gasteiger partial charge < -0.3 is 19.5 Å². The van der Waals surface area contributed by atoms with Gasteiger partial charge in [-0.25, -0.2) is 0 Å².